The van der Waals surface area contributed by atoms with Gasteiger partial charge >= 0.3 is 0 Å². The SMILES string of the molecule is Cc1nc([C@H](C)NC(=O)c2cc(Cl)cc(C#N)c2)n(-c2ccc(C#N)cn2)n1. The highest BCUT2D eigenvalue weighted by Gasteiger charge is 2.20. The van der Waals surface area contributed by atoms with Gasteiger partial charge < -0.3 is 5.32 Å². The van der Waals surface area contributed by atoms with Gasteiger partial charge in [-0.25, -0.2) is 9.97 Å². The number of aryl methyl sites for hydroxylation is 1. The smallest absolute Gasteiger partial charge is 0.251 e. The summed E-state index contributed by atoms with van der Waals surface area (Å²) in [6.07, 6.45) is 1.44. The lowest BCUT2D eigenvalue weighted by atomic mass is 10.1. The first-order valence-electron chi connectivity index (χ1n) is 8.23. The van der Waals surface area contributed by atoms with Crippen LogP contribution in [0.2, 0.25) is 5.02 Å². The van der Waals surface area contributed by atoms with E-state index in [4.69, 9.17) is 22.1 Å². The third-order valence-electron chi connectivity index (χ3n) is 3.86. The minimum absolute atomic E-state index is 0.273. The molecule has 0 radical (unpaired) electrons. The molecule has 138 valence electrons. The van der Waals surface area contributed by atoms with Crippen LogP contribution in [0.15, 0.2) is 36.5 Å². The highest BCUT2D eigenvalue weighted by molar-refractivity contribution is 6.31. The summed E-state index contributed by atoms with van der Waals surface area (Å²) in [6, 6.07) is 11.2. The fraction of sp³-hybridized carbons (Fsp3) is 0.158. The molecule has 28 heavy (non-hydrogen) atoms. The minimum Gasteiger partial charge on any atom is -0.342 e. The van der Waals surface area contributed by atoms with E-state index in [9.17, 15) is 4.79 Å². The van der Waals surface area contributed by atoms with Crippen molar-refractivity contribution < 1.29 is 4.79 Å². The van der Waals surface area contributed by atoms with Crippen LogP contribution in [0.3, 0.4) is 0 Å². The number of carbonyl (C=O) groups is 1. The molecule has 9 heteroatoms. The van der Waals surface area contributed by atoms with Gasteiger partial charge in [-0.3, -0.25) is 4.79 Å². The number of aromatic nitrogens is 4. The van der Waals surface area contributed by atoms with Crippen LogP contribution in [0, 0.1) is 29.6 Å². The first-order valence-corrected chi connectivity index (χ1v) is 8.60. The zero-order chi connectivity index (χ0) is 20.3. The predicted molar refractivity (Wildman–Crippen MR) is 101 cm³/mol. The van der Waals surface area contributed by atoms with Crippen molar-refractivity contribution in [3.8, 4) is 18.0 Å². The quantitative estimate of drug-likeness (QED) is 0.729. The zero-order valence-electron chi connectivity index (χ0n) is 15.0. The molecule has 0 aliphatic rings. The van der Waals surface area contributed by atoms with Gasteiger partial charge in [0, 0.05) is 16.8 Å². The highest BCUT2D eigenvalue weighted by Crippen LogP contribution is 2.18. The average molecular weight is 392 g/mol. The summed E-state index contributed by atoms with van der Waals surface area (Å²) in [6.45, 7) is 3.49. The molecule has 0 saturated heterocycles. The molecule has 3 aromatic rings. The Bertz CT molecular complexity index is 1120. The molecule has 2 heterocycles. The molecule has 0 saturated carbocycles. The van der Waals surface area contributed by atoms with E-state index in [1.807, 2.05) is 12.1 Å². The second-order valence-electron chi connectivity index (χ2n) is 5.98. The van der Waals surface area contributed by atoms with Crippen LogP contribution in [0.1, 0.15) is 46.1 Å². The number of halogens is 1. The lowest BCUT2D eigenvalue weighted by molar-refractivity contribution is 0.0938. The Morgan fingerprint density at radius 3 is 2.61 bits per heavy atom. The number of pyridine rings is 1. The lowest BCUT2D eigenvalue weighted by Crippen LogP contribution is -2.29. The Balaban J connectivity index is 1.88. The van der Waals surface area contributed by atoms with Crippen LogP contribution in [0.5, 0.6) is 0 Å². The largest absolute Gasteiger partial charge is 0.342 e. The highest BCUT2D eigenvalue weighted by atomic mass is 35.5. The molecular weight excluding hydrogens is 378 g/mol. The normalized spacial score (nSPS) is 11.3. The third kappa shape index (κ3) is 3.98. The first kappa shape index (κ1) is 19.0. The van der Waals surface area contributed by atoms with E-state index in [0.29, 0.717) is 33.6 Å². The number of hydrogen-bond acceptors (Lipinski definition) is 6. The molecule has 1 aromatic carbocycles. The van der Waals surface area contributed by atoms with Gasteiger partial charge in [0.1, 0.15) is 11.9 Å². The summed E-state index contributed by atoms with van der Waals surface area (Å²) < 4.78 is 1.51. The fourth-order valence-corrected chi connectivity index (χ4v) is 2.82. The maximum atomic E-state index is 12.6. The van der Waals surface area contributed by atoms with Gasteiger partial charge in [-0.15, -0.1) is 5.10 Å². The molecular formula is C19H14ClN7O. The van der Waals surface area contributed by atoms with Crippen molar-refractivity contribution in [3.63, 3.8) is 0 Å². The van der Waals surface area contributed by atoms with E-state index in [1.165, 1.54) is 29.1 Å². The maximum absolute atomic E-state index is 12.6. The molecule has 1 N–H and O–H groups in total. The fourth-order valence-electron chi connectivity index (χ4n) is 2.59. The second kappa shape index (κ2) is 7.87. The van der Waals surface area contributed by atoms with Crippen LogP contribution in [0.25, 0.3) is 5.82 Å². The monoisotopic (exact) mass is 391 g/mol. The molecule has 1 amide bonds. The number of rotatable bonds is 4. The molecule has 2 aromatic heterocycles. The van der Waals surface area contributed by atoms with Gasteiger partial charge in [-0.1, -0.05) is 11.6 Å². The topological polar surface area (TPSA) is 120 Å². The molecule has 0 unspecified atom stereocenters. The van der Waals surface area contributed by atoms with Crippen molar-refractivity contribution >= 4 is 17.5 Å². The summed E-state index contributed by atoms with van der Waals surface area (Å²) in [7, 11) is 0. The van der Waals surface area contributed by atoms with Gasteiger partial charge in [0.15, 0.2) is 11.6 Å². The minimum atomic E-state index is -0.504. The molecule has 0 spiro atoms. The third-order valence-corrected chi connectivity index (χ3v) is 4.07. The van der Waals surface area contributed by atoms with Crippen LogP contribution in [0.4, 0.5) is 0 Å². The Hall–Kier alpha value is -3.75. The summed E-state index contributed by atoms with van der Waals surface area (Å²) >= 11 is 5.97. The maximum Gasteiger partial charge on any atom is 0.251 e. The lowest BCUT2D eigenvalue weighted by Gasteiger charge is -2.14. The first-order chi connectivity index (χ1) is 13.4. The van der Waals surface area contributed by atoms with Gasteiger partial charge in [0.05, 0.1) is 23.2 Å². The Morgan fingerprint density at radius 2 is 1.96 bits per heavy atom. The van der Waals surface area contributed by atoms with E-state index >= 15 is 0 Å². The number of nitrogens with zero attached hydrogens (tertiary/aromatic N) is 6. The van der Waals surface area contributed by atoms with Crippen molar-refractivity contribution in [1.82, 2.24) is 25.1 Å². The standard InChI is InChI=1S/C19H14ClN7O/c1-11(24-19(28)15-5-14(9-22)6-16(20)7-15)18-25-12(2)26-27(18)17-4-3-13(8-21)10-23-17/h3-7,10-11H,1-2H3,(H,24,28)/t11-/m0/s1. The molecule has 0 aliphatic heterocycles. The van der Waals surface area contributed by atoms with Crippen molar-refractivity contribution in [2.75, 3.05) is 0 Å². The second-order valence-corrected chi connectivity index (χ2v) is 6.42. The summed E-state index contributed by atoms with van der Waals surface area (Å²) in [5.74, 6) is 1.07. The predicted octanol–water partition coefficient (Wildman–Crippen LogP) is 2.86. The van der Waals surface area contributed by atoms with E-state index in [1.54, 1.807) is 26.0 Å². The number of benzene rings is 1. The summed E-state index contributed by atoms with van der Waals surface area (Å²) in [5, 5.41) is 25.4. The number of amides is 1. The van der Waals surface area contributed by atoms with Crippen molar-refractivity contribution in [3.05, 3.63) is 69.9 Å². The zero-order valence-corrected chi connectivity index (χ0v) is 15.8. The van der Waals surface area contributed by atoms with Crippen LogP contribution < -0.4 is 5.32 Å². The number of hydrogen-bond donors (Lipinski definition) is 1. The Morgan fingerprint density at radius 1 is 1.21 bits per heavy atom. The van der Waals surface area contributed by atoms with Gasteiger partial charge in [-0.2, -0.15) is 15.2 Å². The van der Waals surface area contributed by atoms with Crippen molar-refractivity contribution in [1.29, 1.82) is 10.5 Å². The number of nitrogens with one attached hydrogen (secondary N) is 1. The van der Waals surface area contributed by atoms with Gasteiger partial charge in [0.25, 0.3) is 5.91 Å². The molecule has 3 rings (SSSR count). The van der Waals surface area contributed by atoms with Crippen LogP contribution >= 0.6 is 11.6 Å². The molecule has 8 nitrogen and oxygen atoms in total. The van der Waals surface area contributed by atoms with Crippen molar-refractivity contribution in [2.24, 2.45) is 0 Å². The van der Waals surface area contributed by atoms with E-state index < -0.39 is 11.9 Å². The number of carbonyl (C=O) groups excluding carboxylic acids is 1. The van der Waals surface area contributed by atoms with E-state index in [2.05, 4.69) is 20.4 Å². The molecule has 0 fully saturated rings. The Labute approximate surface area is 166 Å². The Kier molecular flexibility index (Phi) is 5.35. The molecule has 1 atom stereocenters. The van der Waals surface area contributed by atoms with Crippen LogP contribution in [-0.4, -0.2) is 25.7 Å². The van der Waals surface area contributed by atoms with Crippen LogP contribution in [-0.2, 0) is 0 Å². The summed E-state index contributed by atoms with van der Waals surface area (Å²) in [4.78, 5) is 21.2. The van der Waals surface area contributed by atoms with E-state index in [-0.39, 0.29) is 5.56 Å². The molecule has 0 aliphatic carbocycles. The van der Waals surface area contributed by atoms with Gasteiger partial charge in [-0.05, 0) is 44.2 Å². The summed E-state index contributed by atoms with van der Waals surface area (Å²) in [5.41, 5.74) is 0.999. The van der Waals surface area contributed by atoms with Crippen molar-refractivity contribution in [2.45, 2.75) is 19.9 Å². The molecule has 0 bridgehead atoms. The van der Waals surface area contributed by atoms with Gasteiger partial charge in [0.2, 0.25) is 0 Å². The van der Waals surface area contributed by atoms with E-state index in [0.717, 1.165) is 0 Å². The number of nitriles is 2. The average Bonchev–Trinajstić information content (AvgIpc) is 3.09.